The summed E-state index contributed by atoms with van der Waals surface area (Å²) in [5.74, 6) is 0. The monoisotopic (exact) mass is 250 g/mol. The molecule has 18 heavy (non-hydrogen) atoms. The van der Waals surface area contributed by atoms with Crippen molar-refractivity contribution in [2.45, 2.75) is 38.6 Å². The fraction of sp³-hybridized carbons (Fsp3) is 0.467. The molecule has 0 saturated heterocycles. The van der Waals surface area contributed by atoms with Crippen LogP contribution in [0.25, 0.3) is 6.08 Å². The molecule has 0 bridgehead atoms. The number of rotatable bonds is 7. The summed E-state index contributed by atoms with van der Waals surface area (Å²) in [7, 11) is 0. The van der Waals surface area contributed by atoms with E-state index in [0.717, 1.165) is 5.56 Å². The van der Waals surface area contributed by atoms with Gasteiger partial charge in [0.2, 0.25) is 0 Å². The van der Waals surface area contributed by atoms with Crippen LogP contribution in [0.3, 0.4) is 0 Å². The predicted octanol–water partition coefficient (Wildman–Crippen LogP) is 2.24. The number of hydrogen-bond acceptors (Lipinski definition) is 3. The quantitative estimate of drug-likeness (QED) is 0.780. The molecule has 0 aliphatic carbocycles. The first-order chi connectivity index (χ1) is 8.63. The van der Waals surface area contributed by atoms with E-state index < -0.39 is 6.10 Å². The summed E-state index contributed by atoms with van der Waals surface area (Å²) in [6.07, 6.45) is 3.35. The highest BCUT2D eigenvalue weighted by Crippen LogP contribution is 2.10. The van der Waals surface area contributed by atoms with Gasteiger partial charge in [-0.3, -0.25) is 0 Å². The van der Waals surface area contributed by atoms with E-state index in [2.05, 4.69) is 0 Å². The topological polar surface area (TPSA) is 49.7 Å². The highest BCUT2D eigenvalue weighted by molar-refractivity contribution is 5.48. The van der Waals surface area contributed by atoms with Gasteiger partial charge >= 0.3 is 0 Å². The third-order valence-corrected chi connectivity index (χ3v) is 2.54. The number of benzene rings is 1. The molecule has 100 valence electrons. The van der Waals surface area contributed by atoms with Crippen LogP contribution < -0.4 is 0 Å². The fourth-order valence-electron chi connectivity index (χ4n) is 1.67. The fourth-order valence-corrected chi connectivity index (χ4v) is 1.67. The molecule has 1 aromatic carbocycles. The van der Waals surface area contributed by atoms with E-state index in [1.54, 1.807) is 0 Å². The summed E-state index contributed by atoms with van der Waals surface area (Å²) >= 11 is 0. The van der Waals surface area contributed by atoms with Crippen LogP contribution in [-0.2, 0) is 4.74 Å². The molecule has 1 rings (SSSR count). The molecule has 0 aliphatic heterocycles. The predicted molar refractivity (Wildman–Crippen MR) is 73.2 cm³/mol. The van der Waals surface area contributed by atoms with Crippen molar-refractivity contribution in [1.29, 1.82) is 0 Å². The van der Waals surface area contributed by atoms with Crippen molar-refractivity contribution in [3.05, 3.63) is 42.0 Å². The second kappa shape index (κ2) is 8.03. The smallest absolute Gasteiger partial charge is 0.103 e. The summed E-state index contributed by atoms with van der Waals surface area (Å²) in [4.78, 5) is 0. The van der Waals surface area contributed by atoms with E-state index in [-0.39, 0.29) is 18.8 Å². The van der Waals surface area contributed by atoms with Crippen LogP contribution in [0.1, 0.15) is 25.8 Å². The van der Waals surface area contributed by atoms with Gasteiger partial charge in [-0.25, -0.2) is 0 Å². The van der Waals surface area contributed by atoms with Gasteiger partial charge < -0.3 is 14.9 Å². The van der Waals surface area contributed by atoms with E-state index in [0.29, 0.717) is 6.42 Å². The van der Waals surface area contributed by atoms with Gasteiger partial charge in [-0.05, 0) is 25.8 Å². The summed E-state index contributed by atoms with van der Waals surface area (Å²) in [6, 6.07) is 9.95. The third-order valence-electron chi connectivity index (χ3n) is 2.54. The Labute approximate surface area is 109 Å². The standard InChI is InChI=1S/C15H22O3/c1-12(2)18-15(14(17)11-16)10-6-9-13-7-4-3-5-8-13/h3-9,12,14-17H,10-11H2,1-2H3/b9-6+/t14-,15+/m0/s1. The minimum atomic E-state index is -0.840. The second-order valence-corrected chi connectivity index (χ2v) is 4.52. The Morgan fingerprint density at radius 2 is 1.89 bits per heavy atom. The van der Waals surface area contributed by atoms with Gasteiger partial charge in [0.15, 0.2) is 0 Å². The Hall–Kier alpha value is -1.16. The van der Waals surface area contributed by atoms with Gasteiger partial charge in [0.05, 0.1) is 18.8 Å². The Morgan fingerprint density at radius 3 is 2.44 bits per heavy atom. The molecule has 0 heterocycles. The lowest BCUT2D eigenvalue weighted by atomic mass is 10.1. The highest BCUT2D eigenvalue weighted by Gasteiger charge is 2.18. The minimum absolute atomic E-state index is 0.0290. The molecule has 0 saturated carbocycles. The van der Waals surface area contributed by atoms with Gasteiger partial charge in [0, 0.05) is 0 Å². The van der Waals surface area contributed by atoms with Crippen LogP contribution >= 0.6 is 0 Å². The van der Waals surface area contributed by atoms with E-state index in [1.807, 2.05) is 56.3 Å². The zero-order valence-electron chi connectivity index (χ0n) is 11.0. The van der Waals surface area contributed by atoms with Crippen LogP contribution in [-0.4, -0.2) is 35.1 Å². The molecule has 0 aliphatic rings. The lowest BCUT2D eigenvalue weighted by molar-refractivity contribution is -0.0786. The van der Waals surface area contributed by atoms with Crippen molar-refractivity contribution >= 4 is 6.08 Å². The van der Waals surface area contributed by atoms with Crippen LogP contribution in [0.5, 0.6) is 0 Å². The number of hydrogen-bond donors (Lipinski definition) is 2. The average Bonchev–Trinajstić information content (AvgIpc) is 2.37. The summed E-state index contributed by atoms with van der Waals surface area (Å²) in [5, 5.41) is 18.6. The molecule has 0 aromatic heterocycles. The molecule has 0 spiro atoms. The molecule has 2 atom stereocenters. The summed E-state index contributed by atoms with van der Waals surface area (Å²) in [6.45, 7) is 3.55. The zero-order valence-corrected chi connectivity index (χ0v) is 11.0. The SMILES string of the molecule is CC(C)O[C@H](C/C=C/c1ccccc1)[C@@H](O)CO. The van der Waals surface area contributed by atoms with Gasteiger partial charge in [-0.1, -0.05) is 42.5 Å². The summed E-state index contributed by atoms with van der Waals surface area (Å²) < 4.78 is 5.58. The third kappa shape index (κ3) is 5.45. The first-order valence-electron chi connectivity index (χ1n) is 6.29. The molecule has 0 amide bonds. The Morgan fingerprint density at radius 1 is 1.22 bits per heavy atom. The van der Waals surface area contributed by atoms with Gasteiger partial charge in [-0.15, -0.1) is 0 Å². The van der Waals surface area contributed by atoms with Crippen molar-refractivity contribution in [3.8, 4) is 0 Å². The highest BCUT2D eigenvalue weighted by atomic mass is 16.5. The van der Waals surface area contributed by atoms with Gasteiger partial charge in [0.25, 0.3) is 0 Å². The molecule has 3 heteroatoms. The maximum absolute atomic E-state index is 9.65. The van der Waals surface area contributed by atoms with E-state index >= 15 is 0 Å². The lowest BCUT2D eigenvalue weighted by Gasteiger charge is -2.22. The second-order valence-electron chi connectivity index (χ2n) is 4.52. The van der Waals surface area contributed by atoms with E-state index in [9.17, 15) is 5.11 Å². The Kier molecular flexibility index (Phi) is 6.65. The van der Waals surface area contributed by atoms with Crippen LogP contribution in [0.15, 0.2) is 36.4 Å². The molecular weight excluding hydrogens is 228 g/mol. The number of aliphatic hydroxyl groups excluding tert-OH is 2. The number of aliphatic hydroxyl groups is 2. The summed E-state index contributed by atoms with van der Waals surface area (Å²) in [5.41, 5.74) is 1.11. The molecule has 0 fully saturated rings. The minimum Gasteiger partial charge on any atom is -0.394 e. The van der Waals surface area contributed by atoms with Crippen molar-refractivity contribution in [1.82, 2.24) is 0 Å². The van der Waals surface area contributed by atoms with Crippen LogP contribution in [0, 0.1) is 0 Å². The molecular formula is C15H22O3. The molecule has 2 N–H and O–H groups in total. The first kappa shape index (κ1) is 14.9. The largest absolute Gasteiger partial charge is 0.394 e. The van der Waals surface area contributed by atoms with Gasteiger partial charge in [0.1, 0.15) is 6.10 Å². The van der Waals surface area contributed by atoms with E-state index in [1.165, 1.54) is 0 Å². The molecule has 3 nitrogen and oxygen atoms in total. The lowest BCUT2D eigenvalue weighted by Crippen LogP contribution is -2.33. The van der Waals surface area contributed by atoms with E-state index in [4.69, 9.17) is 9.84 Å². The maximum atomic E-state index is 9.65. The van der Waals surface area contributed by atoms with Crippen LogP contribution in [0.4, 0.5) is 0 Å². The maximum Gasteiger partial charge on any atom is 0.103 e. The molecule has 0 unspecified atom stereocenters. The van der Waals surface area contributed by atoms with Crippen molar-refractivity contribution < 1.29 is 14.9 Å². The first-order valence-corrected chi connectivity index (χ1v) is 6.29. The molecule has 1 aromatic rings. The van der Waals surface area contributed by atoms with Crippen LogP contribution in [0.2, 0.25) is 0 Å². The van der Waals surface area contributed by atoms with Crippen molar-refractivity contribution in [3.63, 3.8) is 0 Å². The van der Waals surface area contributed by atoms with Gasteiger partial charge in [-0.2, -0.15) is 0 Å². The Bertz CT molecular complexity index is 346. The Balaban J connectivity index is 2.53. The average molecular weight is 250 g/mol. The normalized spacial score (nSPS) is 15.2. The van der Waals surface area contributed by atoms with Crippen molar-refractivity contribution in [2.24, 2.45) is 0 Å². The van der Waals surface area contributed by atoms with Crippen molar-refractivity contribution in [2.75, 3.05) is 6.61 Å². The molecule has 0 radical (unpaired) electrons. The number of ether oxygens (including phenoxy) is 1. The zero-order chi connectivity index (χ0) is 13.4.